The standard InChI is InChI=1S/C61H55BN2O/c1-38-33-54-57-55(34-38)64(44-28-23-41(24-29-44)45-18-14-19-47-46-17-12-13-20-56(46)65-58(45)47)53-37-49-48(60(5,6)31-32-61(49,7)8)36-51(53)62(57)50-35-42(59(2,3)4)25-30-52(50)63(54)43-26-21-40(22-27-43)39-15-10-9-11-16-39/h9-30,33-37H,31-32H2,1-8H3. The van der Waals surface area contributed by atoms with Gasteiger partial charge in [0, 0.05) is 50.5 Å². The average molecular weight is 843 g/mol. The van der Waals surface area contributed by atoms with Gasteiger partial charge in [-0.3, -0.25) is 0 Å². The normalized spacial score (nSPS) is 15.7. The number of hydrogen-bond donors (Lipinski definition) is 0. The van der Waals surface area contributed by atoms with E-state index in [4.69, 9.17) is 4.42 Å². The SMILES string of the molecule is Cc1cc2c3c(c1)N(c1ccc(-c4cccc5c4oc4ccccc45)cc1)c1cc4c(cc1B3c1cc(C(C)(C)C)ccc1N2c1ccc(-c2ccccc2)cc1)C(C)(C)CCC4(C)C. The lowest BCUT2D eigenvalue weighted by Crippen LogP contribution is -2.62. The first-order valence-corrected chi connectivity index (χ1v) is 23.5. The van der Waals surface area contributed by atoms with Crippen LogP contribution in [-0.2, 0) is 16.2 Å². The summed E-state index contributed by atoms with van der Waals surface area (Å²) in [4.78, 5) is 5.14. The molecule has 318 valence electrons. The second kappa shape index (κ2) is 14.1. The lowest BCUT2D eigenvalue weighted by atomic mass is 9.33. The molecule has 0 unspecified atom stereocenters. The summed E-state index contributed by atoms with van der Waals surface area (Å²) in [5, 5.41) is 2.30. The molecule has 0 saturated heterocycles. The lowest BCUT2D eigenvalue weighted by molar-refractivity contribution is 0.332. The summed E-state index contributed by atoms with van der Waals surface area (Å²) in [6, 6.07) is 61.5. The Hall–Kier alpha value is -6.78. The Bertz CT molecular complexity index is 3370. The predicted octanol–water partition coefficient (Wildman–Crippen LogP) is 15.0. The molecule has 0 radical (unpaired) electrons. The van der Waals surface area contributed by atoms with Gasteiger partial charge in [-0.05, 0) is 146 Å². The average Bonchev–Trinajstić information content (AvgIpc) is 3.69. The fourth-order valence-corrected chi connectivity index (χ4v) is 11.4. The monoisotopic (exact) mass is 842 g/mol. The molecule has 9 aromatic rings. The minimum Gasteiger partial charge on any atom is -0.455 e. The van der Waals surface area contributed by atoms with E-state index >= 15 is 0 Å². The predicted molar refractivity (Wildman–Crippen MR) is 277 cm³/mol. The van der Waals surface area contributed by atoms with Gasteiger partial charge in [0.1, 0.15) is 11.2 Å². The van der Waals surface area contributed by atoms with Crippen molar-refractivity contribution in [1.82, 2.24) is 0 Å². The number of rotatable bonds is 4. The van der Waals surface area contributed by atoms with E-state index in [0.717, 1.165) is 57.3 Å². The van der Waals surface area contributed by atoms with Crippen molar-refractivity contribution in [3.63, 3.8) is 0 Å². The number of para-hydroxylation sites is 2. The molecule has 0 saturated carbocycles. The number of fused-ring (bicyclic) bond motifs is 8. The molecule has 0 bridgehead atoms. The number of anilines is 6. The molecule has 2 aliphatic heterocycles. The molecule has 12 rings (SSSR count). The summed E-state index contributed by atoms with van der Waals surface area (Å²) >= 11 is 0. The third-order valence-electron chi connectivity index (χ3n) is 15.1. The number of furan rings is 1. The van der Waals surface area contributed by atoms with Crippen molar-refractivity contribution in [2.24, 2.45) is 0 Å². The molecule has 3 heterocycles. The van der Waals surface area contributed by atoms with Gasteiger partial charge >= 0.3 is 0 Å². The van der Waals surface area contributed by atoms with Gasteiger partial charge in [0.15, 0.2) is 0 Å². The van der Waals surface area contributed by atoms with E-state index in [1.807, 2.05) is 6.07 Å². The number of benzene rings is 8. The maximum atomic E-state index is 6.54. The summed E-state index contributed by atoms with van der Waals surface area (Å²) in [6.07, 6.45) is 2.32. The van der Waals surface area contributed by atoms with Crippen molar-refractivity contribution in [3.8, 4) is 22.3 Å². The van der Waals surface area contributed by atoms with E-state index in [0.29, 0.717) is 0 Å². The Balaban J connectivity index is 1.11. The maximum absolute atomic E-state index is 6.54. The van der Waals surface area contributed by atoms with Crippen LogP contribution >= 0.6 is 0 Å². The van der Waals surface area contributed by atoms with Crippen molar-refractivity contribution in [3.05, 3.63) is 186 Å². The highest BCUT2D eigenvalue weighted by atomic mass is 16.3. The lowest BCUT2D eigenvalue weighted by Gasteiger charge is -2.47. The Morgan fingerprint density at radius 3 is 1.75 bits per heavy atom. The molecule has 3 aliphatic rings. The van der Waals surface area contributed by atoms with E-state index in [-0.39, 0.29) is 23.0 Å². The summed E-state index contributed by atoms with van der Waals surface area (Å²) in [5.74, 6) is 0. The van der Waals surface area contributed by atoms with Crippen LogP contribution in [0.25, 0.3) is 44.2 Å². The first kappa shape index (κ1) is 39.8. The zero-order chi connectivity index (χ0) is 44.6. The first-order chi connectivity index (χ1) is 31.2. The molecular formula is C61H55BN2O. The van der Waals surface area contributed by atoms with Crippen LogP contribution in [0.2, 0.25) is 0 Å². The van der Waals surface area contributed by atoms with Crippen LogP contribution in [0, 0.1) is 6.92 Å². The number of hydrogen-bond acceptors (Lipinski definition) is 3. The second-order valence-electron chi connectivity index (χ2n) is 21.3. The minimum atomic E-state index is -0.0204. The van der Waals surface area contributed by atoms with Gasteiger partial charge < -0.3 is 14.2 Å². The molecule has 1 aromatic heterocycles. The third kappa shape index (κ3) is 6.17. The van der Waals surface area contributed by atoms with Gasteiger partial charge in [0.25, 0.3) is 6.71 Å². The van der Waals surface area contributed by atoms with Gasteiger partial charge in [-0.15, -0.1) is 0 Å². The Morgan fingerprint density at radius 1 is 0.508 bits per heavy atom. The summed E-state index contributed by atoms with van der Waals surface area (Å²) in [5.41, 5.74) is 23.6. The Morgan fingerprint density at radius 2 is 1.08 bits per heavy atom. The van der Waals surface area contributed by atoms with Gasteiger partial charge in [-0.25, -0.2) is 0 Å². The Labute approximate surface area is 384 Å². The summed E-state index contributed by atoms with van der Waals surface area (Å²) in [6.45, 7) is 19.2. The topological polar surface area (TPSA) is 19.6 Å². The van der Waals surface area contributed by atoms with Crippen LogP contribution in [-0.4, -0.2) is 6.71 Å². The van der Waals surface area contributed by atoms with E-state index < -0.39 is 0 Å². The van der Waals surface area contributed by atoms with Crippen LogP contribution in [0.5, 0.6) is 0 Å². The van der Waals surface area contributed by atoms with E-state index in [9.17, 15) is 0 Å². The largest absolute Gasteiger partial charge is 0.455 e. The fourth-order valence-electron chi connectivity index (χ4n) is 11.4. The fraction of sp³-hybridized carbons (Fsp3) is 0.213. The molecule has 1 aliphatic carbocycles. The molecule has 0 N–H and O–H groups in total. The Kier molecular flexibility index (Phi) is 8.64. The zero-order valence-corrected chi connectivity index (χ0v) is 38.9. The molecule has 3 nitrogen and oxygen atoms in total. The van der Waals surface area contributed by atoms with Gasteiger partial charge in [0.2, 0.25) is 0 Å². The summed E-state index contributed by atoms with van der Waals surface area (Å²) < 4.78 is 6.54. The number of nitrogens with zero attached hydrogens (tertiary/aromatic N) is 2. The highest BCUT2D eigenvalue weighted by Gasteiger charge is 2.46. The molecule has 0 amide bonds. The van der Waals surface area contributed by atoms with Crippen molar-refractivity contribution in [2.75, 3.05) is 9.80 Å². The molecule has 0 atom stereocenters. The third-order valence-corrected chi connectivity index (χ3v) is 15.1. The van der Waals surface area contributed by atoms with E-state index in [2.05, 4.69) is 223 Å². The van der Waals surface area contributed by atoms with Gasteiger partial charge in [-0.1, -0.05) is 158 Å². The molecule has 8 aromatic carbocycles. The molecular weight excluding hydrogens is 787 g/mol. The maximum Gasteiger partial charge on any atom is 0.252 e. The summed E-state index contributed by atoms with van der Waals surface area (Å²) in [7, 11) is 0. The highest BCUT2D eigenvalue weighted by molar-refractivity contribution is 7.00. The molecule has 0 fully saturated rings. The quantitative estimate of drug-likeness (QED) is 0.165. The van der Waals surface area contributed by atoms with Gasteiger partial charge in [-0.2, -0.15) is 0 Å². The van der Waals surface area contributed by atoms with Crippen LogP contribution in [0.1, 0.15) is 83.6 Å². The first-order valence-electron chi connectivity index (χ1n) is 23.5. The van der Waals surface area contributed by atoms with E-state index in [1.54, 1.807) is 0 Å². The number of aryl methyl sites for hydroxylation is 1. The molecule has 4 heteroatoms. The van der Waals surface area contributed by atoms with E-state index in [1.165, 1.54) is 72.5 Å². The minimum absolute atomic E-state index is 0.0204. The second-order valence-corrected chi connectivity index (χ2v) is 21.3. The van der Waals surface area contributed by atoms with Gasteiger partial charge in [0.05, 0.1) is 0 Å². The van der Waals surface area contributed by atoms with Crippen LogP contribution in [0.4, 0.5) is 34.1 Å². The van der Waals surface area contributed by atoms with Crippen LogP contribution in [0.3, 0.4) is 0 Å². The molecule has 0 spiro atoms. The molecule has 65 heavy (non-hydrogen) atoms. The van der Waals surface area contributed by atoms with Crippen molar-refractivity contribution in [1.29, 1.82) is 0 Å². The van der Waals surface area contributed by atoms with Crippen LogP contribution < -0.4 is 26.2 Å². The zero-order valence-electron chi connectivity index (χ0n) is 38.9. The smallest absolute Gasteiger partial charge is 0.252 e. The van der Waals surface area contributed by atoms with Crippen LogP contribution in [0.15, 0.2) is 168 Å². The highest BCUT2D eigenvalue weighted by Crippen LogP contribution is 2.51. The van der Waals surface area contributed by atoms with Crippen molar-refractivity contribution < 1.29 is 4.42 Å². The van der Waals surface area contributed by atoms with Crippen molar-refractivity contribution >= 4 is 79.2 Å². The van der Waals surface area contributed by atoms with Crippen molar-refractivity contribution in [2.45, 2.75) is 84.5 Å².